The van der Waals surface area contributed by atoms with Crippen molar-refractivity contribution in [2.45, 2.75) is 20.8 Å². The van der Waals surface area contributed by atoms with Gasteiger partial charge in [0.05, 0.1) is 17.6 Å². The minimum Gasteiger partial charge on any atom is -0.397 e. The van der Waals surface area contributed by atoms with Gasteiger partial charge in [0, 0.05) is 44.3 Å². The van der Waals surface area contributed by atoms with Crippen LogP contribution >= 0.6 is 0 Å². The summed E-state index contributed by atoms with van der Waals surface area (Å²) in [5.41, 5.74) is 9.41. The summed E-state index contributed by atoms with van der Waals surface area (Å²) in [6.07, 6.45) is 3.68. The van der Waals surface area contributed by atoms with E-state index in [0.29, 0.717) is 29.9 Å². The fourth-order valence-corrected chi connectivity index (χ4v) is 4.03. The molecule has 0 spiro atoms. The standard InChI is InChI=1S/C23H33N9/c1-4-30-9-11-31(12-10-30)18-6-8-20(26-14-18)28-23-27-13-17-5-7-19(24)22(21(17)29-23)32(25)15-16(2)3/h5-8,13-14,16H,4,9-12,15,24-25H2,1-3H3,(H,26,27,28,29). The quantitative estimate of drug-likeness (QED) is 0.293. The van der Waals surface area contributed by atoms with Gasteiger partial charge in [0.1, 0.15) is 17.0 Å². The molecule has 3 heterocycles. The van der Waals surface area contributed by atoms with E-state index in [1.165, 1.54) is 0 Å². The van der Waals surface area contributed by atoms with Gasteiger partial charge >= 0.3 is 0 Å². The summed E-state index contributed by atoms with van der Waals surface area (Å²) in [5.74, 6) is 7.86. The number of fused-ring (bicyclic) bond motifs is 1. The number of likely N-dealkylation sites (N-methyl/N-ethyl adjacent to an activating group) is 1. The van der Waals surface area contributed by atoms with Crippen LogP contribution in [0.5, 0.6) is 0 Å². The van der Waals surface area contributed by atoms with E-state index in [1.807, 2.05) is 24.4 Å². The van der Waals surface area contributed by atoms with E-state index >= 15 is 0 Å². The summed E-state index contributed by atoms with van der Waals surface area (Å²) in [5, 5.41) is 5.76. The molecule has 0 saturated carbocycles. The molecule has 1 saturated heterocycles. The molecule has 0 aliphatic carbocycles. The molecule has 1 aliphatic rings. The monoisotopic (exact) mass is 435 g/mol. The lowest BCUT2D eigenvalue weighted by Crippen LogP contribution is -2.46. The van der Waals surface area contributed by atoms with Crippen LogP contribution in [-0.2, 0) is 0 Å². The first kappa shape index (κ1) is 22.0. The van der Waals surface area contributed by atoms with Gasteiger partial charge in [-0.3, -0.25) is 0 Å². The van der Waals surface area contributed by atoms with Gasteiger partial charge in [-0.1, -0.05) is 20.8 Å². The zero-order valence-electron chi connectivity index (χ0n) is 19.1. The number of piperazine rings is 1. The Morgan fingerprint density at radius 1 is 1.06 bits per heavy atom. The molecule has 0 radical (unpaired) electrons. The molecule has 5 N–H and O–H groups in total. The van der Waals surface area contributed by atoms with Gasteiger partial charge in [0.15, 0.2) is 0 Å². The van der Waals surface area contributed by atoms with E-state index < -0.39 is 0 Å². The maximum atomic E-state index is 6.32. The van der Waals surface area contributed by atoms with Crippen molar-refractivity contribution in [1.82, 2.24) is 19.9 Å². The molecule has 0 bridgehead atoms. The summed E-state index contributed by atoms with van der Waals surface area (Å²) in [7, 11) is 0. The smallest absolute Gasteiger partial charge is 0.228 e. The lowest BCUT2D eigenvalue weighted by Gasteiger charge is -2.35. The summed E-state index contributed by atoms with van der Waals surface area (Å²) in [6, 6.07) is 7.80. The second-order valence-corrected chi connectivity index (χ2v) is 8.63. The number of hydrogen-bond acceptors (Lipinski definition) is 9. The van der Waals surface area contributed by atoms with Crippen molar-refractivity contribution in [1.29, 1.82) is 0 Å². The molecule has 1 fully saturated rings. The molecule has 0 unspecified atom stereocenters. The number of rotatable bonds is 7. The Balaban J connectivity index is 1.53. The normalized spacial score (nSPS) is 14.8. The molecule has 3 aromatic rings. The van der Waals surface area contributed by atoms with Crippen LogP contribution in [0.1, 0.15) is 20.8 Å². The highest BCUT2D eigenvalue weighted by atomic mass is 15.4. The SMILES string of the molecule is CCN1CCN(c2ccc(Nc3ncc4ccc(N)c(N(N)CC(C)C)c4n3)nc2)CC1. The second-order valence-electron chi connectivity index (χ2n) is 8.63. The molecular weight excluding hydrogens is 402 g/mol. The zero-order valence-corrected chi connectivity index (χ0v) is 19.1. The van der Waals surface area contributed by atoms with Crippen LogP contribution in [0.3, 0.4) is 0 Å². The third-order valence-corrected chi connectivity index (χ3v) is 5.78. The largest absolute Gasteiger partial charge is 0.397 e. The molecular formula is C23H33N9. The Morgan fingerprint density at radius 3 is 2.50 bits per heavy atom. The van der Waals surface area contributed by atoms with E-state index in [9.17, 15) is 0 Å². The fourth-order valence-electron chi connectivity index (χ4n) is 4.03. The number of hydrazine groups is 1. The molecule has 9 nitrogen and oxygen atoms in total. The summed E-state index contributed by atoms with van der Waals surface area (Å²) in [6.45, 7) is 12.4. The maximum Gasteiger partial charge on any atom is 0.228 e. The van der Waals surface area contributed by atoms with Crippen molar-refractivity contribution in [2.24, 2.45) is 11.8 Å². The Kier molecular flexibility index (Phi) is 6.57. The first-order chi connectivity index (χ1) is 15.4. The topological polar surface area (TPSA) is 112 Å². The number of aromatic nitrogens is 3. The highest BCUT2D eigenvalue weighted by Gasteiger charge is 2.17. The van der Waals surface area contributed by atoms with Crippen LogP contribution in [0.25, 0.3) is 10.9 Å². The van der Waals surface area contributed by atoms with Crippen molar-refractivity contribution in [2.75, 3.05) is 60.2 Å². The van der Waals surface area contributed by atoms with E-state index in [0.717, 1.165) is 55.0 Å². The Bertz CT molecular complexity index is 1040. The van der Waals surface area contributed by atoms with Gasteiger partial charge in [-0.25, -0.2) is 20.8 Å². The molecule has 0 atom stereocenters. The first-order valence-electron chi connectivity index (χ1n) is 11.2. The van der Waals surface area contributed by atoms with Crippen molar-refractivity contribution in [3.8, 4) is 0 Å². The Hall–Kier alpha value is -3.17. The number of hydrogen-bond donors (Lipinski definition) is 3. The molecule has 1 aromatic carbocycles. The third-order valence-electron chi connectivity index (χ3n) is 5.78. The van der Waals surface area contributed by atoms with Crippen molar-refractivity contribution < 1.29 is 0 Å². The maximum absolute atomic E-state index is 6.32. The van der Waals surface area contributed by atoms with Crippen LogP contribution in [0.4, 0.5) is 28.8 Å². The first-order valence-corrected chi connectivity index (χ1v) is 11.2. The molecule has 4 rings (SSSR count). The molecule has 1 aliphatic heterocycles. The number of nitrogen functional groups attached to an aromatic ring is 1. The zero-order chi connectivity index (χ0) is 22.7. The second kappa shape index (κ2) is 9.54. The lowest BCUT2D eigenvalue weighted by atomic mass is 10.1. The van der Waals surface area contributed by atoms with Gasteiger partial charge in [-0.2, -0.15) is 0 Å². The molecule has 0 amide bonds. The van der Waals surface area contributed by atoms with Gasteiger partial charge in [-0.15, -0.1) is 0 Å². The van der Waals surface area contributed by atoms with E-state index in [4.69, 9.17) is 16.6 Å². The number of nitrogens with one attached hydrogen (secondary N) is 1. The van der Waals surface area contributed by atoms with E-state index in [2.05, 4.69) is 51.9 Å². The average molecular weight is 436 g/mol. The van der Waals surface area contributed by atoms with Gasteiger partial charge in [-0.05, 0) is 36.7 Å². The molecule has 170 valence electrons. The third kappa shape index (κ3) is 4.84. The van der Waals surface area contributed by atoms with E-state index in [-0.39, 0.29) is 0 Å². The summed E-state index contributed by atoms with van der Waals surface area (Å²) < 4.78 is 0. The minimum absolute atomic E-state index is 0.391. The van der Waals surface area contributed by atoms with Crippen molar-refractivity contribution in [3.05, 3.63) is 36.7 Å². The van der Waals surface area contributed by atoms with Gasteiger partial charge in [0.2, 0.25) is 5.95 Å². The van der Waals surface area contributed by atoms with Gasteiger partial charge < -0.3 is 25.9 Å². The van der Waals surface area contributed by atoms with Crippen LogP contribution in [0.15, 0.2) is 36.7 Å². The molecule has 9 heteroatoms. The minimum atomic E-state index is 0.391. The van der Waals surface area contributed by atoms with Crippen LogP contribution in [-0.4, -0.2) is 59.1 Å². The lowest BCUT2D eigenvalue weighted by molar-refractivity contribution is 0.271. The summed E-state index contributed by atoms with van der Waals surface area (Å²) in [4.78, 5) is 18.6. The molecule has 2 aromatic heterocycles. The number of benzene rings is 1. The Labute approximate surface area is 189 Å². The number of pyridine rings is 1. The van der Waals surface area contributed by atoms with E-state index in [1.54, 1.807) is 11.2 Å². The molecule has 32 heavy (non-hydrogen) atoms. The number of anilines is 5. The van der Waals surface area contributed by atoms with Crippen LogP contribution in [0.2, 0.25) is 0 Å². The highest BCUT2D eigenvalue weighted by Crippen LogP contribution is 2.31. The van der Waals surface area contributed by atoms with Crippen LogP contribution < -0.4 is 26.8 Å². The van der Waals surface area contributed by atoms with Crippen LogP contribution in [0, 0.1) is 5.92 Å². The Morgan fingerprint density at radius 2 is 1.84 bits per heavy atom. The van der Waals surface area contributed by atoms with Crippen molar-refractivity contribution >= 4 is 39.7 Å². The van der Waals surface area contributed by atoms with Crippen molar-refractivity contribution in [3.63, 3.8) is 0 Å². The average Bonchev–Trinajstić information content (AvgIpc) is 2.79. The highest BCUT2D eigenvalue weighted by molar-refractivity contribution is 5.97. The summed E-state index contributed by atoms with van der Waals surface area (Å²) >= 11 is 0. The fraction of sp³-hybridized carbons (Fsp3) is 0.435. The predicted molar refractivity (Wildman–Crippen MR) is 132 cm³/mol. The number of nitrogens with zero attached hydrogens (tertiary/aromatic N) is 6. The predicted octanol–water partition coefficient (Wildman–Crippen LogP) is 2.83. The van der Waals surface area contributed by atoms with Gasteiger partial charge in [0.25, 0.3) is 0 Å². The number of nitrogens with two attached hydrogens (primary N) is 2.